The Hall–Kier alpha value is -1.81. The Kier molecular flexibility index (Phi) is 2.92. The van der Waals surface area contributed by atoms with Gasteiger partial charge < -0.3 is 10.7 Å². The number of halogens is 1. The molecule has 16 heavy (non-hydrogen) atoms. The molecule has 5 heteroatoms. The highest BCUT2D eigenvalue weighted by Crippen LogP contribution is 2.20. The van der Waals surface area contributed by atoms with Crippen molar-refractivity contribution in [2.45, 2.75) is 6.42 Å². The van der Waals surface area contributed by atoms with Crippen LogP contribution in [-0.4, -0.2) is 15.8 Å². The van der Waals surface area contributed by atoms with Crippen molar-refractivity contribution in [2.24, 2.45) is 0 Å². The van der Waals surface area contributed by atoms with Gasteiger partial charge in [-0.2, -0.15) is 0 Å². The van der Waals surface area contributed by atoms with Crippen molar-refractivity contribution in [3.8, 4) is 0 Å². The molecule has 1 heterocycles. The number of nitrogens with two attached hydrogens (primary N) is 1. The lowest BCUT2D eigenvalue weighted by Crippen LogP contribution is -2.06. The highest BCUT2D eigenvalue weighted by Gasteiger charge is 2.12. The standard InChI is InChI=1S/C11H10ClN3O/c12-9-5-7(13)1-2-8(9)10(16)6-11-14-3-4-15-11/h1-5H,6,13H2,(H,14,15). The number of benzene rings is 1. The summed E-state index contributed by atoms with van der Waals surface area (Å²) in [6.07, 6.45) is 3.48. The number of hydrogen-bond donors (Lipinski definition) is 2. The summed E-state index contributed by atoms with van der Waals surface area (Å²) in [6.45, 7) is 0. The van der Waals surface area contributed by atoms with Crippen LogP contribution in [0.5, 0.6) is 0 Å². The van der Waals surface area contributed by atoms with Gasteiger partial charge in [0.05, 0.1) is 11.4 Å². The van der Waals surface area contributed by atoms with Crippen molar-refractivity contribution in [3.63, 3.8) is 0 Å². The topological polar surface area (TPSA) is 71.8 Å². The first kappa shape index (κ1) is 10.7. The molecule has 0 unspecified atom stereocenters. The molecular weight excluding hydrogens is 226 g/mol. The molecule has 4 nitrogen and oxygen atoms in total. The predicted molar refractivity (Wildman–Crippen MR) is 62.5 cm³/mol. The minimum absolute atomic E-state index is 0.0834. The van der Waals surface area contributed by atoms with E-state index in [2.05, 4.69) is 9.97 Å². The van der Waals surface area contributed by atoms with Crippen molar-refractivity contribution in [3.05, 3.63) is 47.0 Å². The van der Waals surface area contributed by atoms with E-state index in [1.54, 1.807) is 30.6 Å². The number of rotatable bonds is 3. The Balaban J connectivity index is 2.21. The Morgan fingerprint density at radius 2 is 2.31 bits per heavy atom. The molecule has 0 bridgehead atoms. The van der Waals surface area contributed by atoms with Gasteiger partial charge >= 0.3 is 0 Å². The molecule has 1 aromatic heterocycles. The van der Waals surface area contributed by atoms with E-state index in [4.69, 9.17) is 17.3 Å². The summed E-state index contributed by atoms with van der Waals surface area (Å²) in [5.74, 6) is 0.540. The molecule has 0 saturated heterocycles. The molecular formula is C11H10ClN3O. The number of carbonyl (C=O) groups is 1. The number of H-pyrrole nitrogens is 1. The average molecular weight is 236 g/mol. The fourth-order valence-electron chi connectivity index (χ4n) is 1.40. The number of Topliss-reactive ketones (excluding diaryl/α,β-unsaturated/α-hetero) is 1. The zero-order chi connectivity index (χ0) is 11.5. The summed E-state index contributed by atoms with van der Waals surface area (Å²) < 4.78 is 0. The molecule has 0 radical (unpaired) electrons. The van der Waals surface area contributed by atoms with Crippen LogP contribution in [0.1, 0.15) is 16.2 Å². The first-order chi connectivity index (χ1) is 7.66. The number of anilines is 1. The first-order valence-corrected chi connectivity index (χ1v) is 5.11. The molecule has 0 saturated carbocycles. The molecule has 82 valence electrons. The number of nitrogen functional groups attached to an aromatic ring is 1. The van der Waals surface area contributed by atoms with E-state index >= 15 is 0 Å². The average Bonchev–Trinajstić information content (AvgIpc) is 2.70. The number of aromatic nitrogens is 2. The van der Waals surface area contributed by atoms with Crippen LogP contribution in [0, 0.1) is 0 Å². The molecule has 1 aromatic carbocycles. The van der Waals surface area contributed by atoms with Crippen molar-refractivity contribution < 1.29 is 4.79 Å². The van der Waals surface area contributed by atoms with Crippen LogP contribution in [0.15, 0.2) is 30.6 Å². The van der Waals surface area contributed by atoms with Gasteiger partial charge in [0.1, 0.15) is 5.82 Å². The van der Waals surface area contributed by atoms with Crippen LogP contribution in [0.4, 0.5) is 5.69 Å². The van der Waals surface area contributed by atoms with Gasteiger partial charge in [-0.15, -0.1) is 0 Å². The summed E-state index contributed by atoms with van der Waals surface area (Å²) in [6, 6.07) is 4.85. The lowest BCUT2D eigenvalue weighted by atomic mass is 10.1. The summed E-state index contributed by atoms with van der Waals surface area (Å²) in [7, 11) is 0. The monoisotopic (exact) mass is 235 g/mol. The fourth-order valence-corrected chi connectivity index (χ4v) is 1.69. The van der Waals surface area contributed by atoms with Gasteiger partial charge in [0, 0.05) is 23.6 Å². The summed E-state index contributed by atoms with van der Waals surface area (Å²) in [5.41, 5.74) is 6.56. The van der Waals surface area contributed by atoms with E-state index in [-0.39, 0.29) is 12.2 Å². The third-order valence-corrected chi connectivity index (χ3v) is 2.49. The van der Waals surface area contributed by atoms with Crippen LogP contribution >= 0.6 is 11.6 Å². The maximum absolute atomic E-state index is 11.9. The minimum Gasteiger partial charge on any atom is -0.399 e. The lowest BCUT2D eigenvalue weighted by molar-refractivity contribution is 0.0991. The number of hydrogen-bond acceptors (Lipinski definition) is 3. The Bertz CT molecular complexity index is 508. The Morgan fingerprint density at radius 3 is 2.94 bits per heavy atom. The van der Waals surface area contributed by atoms with E-state index in [9.17, 15) is 4.79 Å². The van der Waals surface area contributed by atoms with Crippen LogP contribution in [0.2, 0.25) is 5.02 Å². The Morgan fingerprint density at radius 1 is 1.50 bits per heavy atom. The van der Waals surface area contributed by atoms with Crippen LogP contribution in [0.25, 0.3) is 0 Å². The normalized spacial score (nSPS) is 10.3. The summed E-state index contributed by atoms with van der Waals surface area (Å²) >= 11 is 5.93. The quantitative estimate of drug-likeness (QED) is 0.632. The number of aromatic amines is 1. The van der Waals surface area contributed by atoms with Gasteiger partial charge in [0.2, 0.25) is 0 Å². The van der Waals surface area contributed by atoms with E-state index in [0.717, 1.165) is 0 Å². The zero-order valence-corrected chi connectivity index (χ0v) is 9.16. The molecule has 0 amide bonds. The lowest BCUT2D eigenvalue weighted by Gasteiger charge is -2.03. The van der Waals surface area contributed by atoms with Crippen LogP contribution in [-0.2, 0) is 6.42 Å². The number of nitrogens with zero attached hydrogens (tertiary/aromatic N) is 1. The number of nitrogens with one attached hydrogen (secondary N) is 1. The van der Waals surface area contributed by atoms with E-state index < -0.39 is 0 Å². The van der Waals surface area contributed by atoms with Crippen LogP contribution in [0.3, 0.4) is 0 Å². The SMILES string of the molecule is Nc1ccc(C(=O)Cc2ncc[nH]2)c(Cl)c1. The van der Waals surface area contributed by atoms with Gasteiger partial charge in [-0.05, 0) is 18.2 Å². The van der Waals surface area contributed by atoms with E-state index in [1.807, 2.05) is 0 Å². The first-order valence-electron chi connectivity index (χ1n) is 4.73. The van der Waals surface area contributed by atoms with Gasteiger partial charge in [0.25, 0.3) is 0 Å². The Labute approximate surface area is 97.5 Å². The van der Waals surface area contributed by atoms with Crippen molar-refractivity contribution in [1.82, 2.24) is 9.97 Å². The molecule has 0 atom stereocenters. The minimum atomic E-state index is -0.0834. The van der Waals surface area contributed by atoms with Crippen molar-refractivity contribution in [2.75, 3.05) is 5.73 Å². The second kappa shape index (κ2) is 4.37. The van der Waals surface area contributed by atoms with Crippen LogP contribution < -0.4 is 5.73 Å². The predicted octanol–water partition coefficient (Wildman–Crippen LogP) is 2.07. The third kappa shape index (κ3) is 2.23. The van der Waals surface area contributed by atoms with Crippen molar-refractivity contribution in [1.29, 1.82) is 0 Å². The smallest absolute Gasteiger partial charge is 0.171 e. The zero-order valence-electron chi connectivity index (χ0n) is 8.40. The van der Waals surface area contributed by atoms with Gasteiger partial charge in [-0.25, -0.2) is 4.98 Å². The second-order valence-corrected chi connectivity index (χ2v) is 3.78. The van der Waals surface area contributed by atoms with Gasteiger partial charge in [-0.1, -0.05) is 11.6 Å². The summed E-state index contributed by atoms with van der Waals surface area (Å²) in [5, 5.41) is 0.372. The molecule has 2 rings (SSSR count). The van der Waals surface area contributed by atoms with E-state index in [1.165, 1.54) is 0 Å². The third-order valence-electron chi connectivity index (χ3n) is 2.18. The molecule has 0 fully saturated rings. The van der Waals surface area contributed by atoms with Crippen molar-refractivity contribution >= 4 is 23.1 Å². The molecule has 0 spiro atoms. The van der Waals surface area contributed by atoms with Gasteiger partial charge in [0.15, 0.2) is 5.78 Å². The fraction of sp³-hybridized carbons (Fsp3) is 0.0909. The molecule has 0 aliphatic rings. The molecule has 2 aromatic rings. The molecule has 0 aliphatic heterocycles. The molecule has 0 aliphatic carbocycles. The summed E-state index contributed by atoms with van der Waals surface area (Å²) in [4.78, 5) is 18.7. The highest BCUT2D eigenvalue weighted by molar-refractivity contribution is 6.34. The van der Waals surface area contributed by atoms with E-state index in [0.29, 0.717) is 22.1 Å². The largest absolute Gasteiger partial charge is 0.399 e. The van der Waals surface area contributed by atoms with Gasteiger partial charge in [-0.3, -0.25) is 4.79 Å². The number of carbonyl (C=O) groups excluding carboxylic acids is 1. The number of ketones is 1. The maximum atomic E-state index is 11.9. The second-order valence-electron chi connectivity index (χ2n) is 3.38. The highest BCUT2D eigenvalue weighted by atomic mass is 35.5. The number of imidazole rings is 1. The maximum Gasteiger partial charge on any atom is 0.171 e. The molecule has 3 N–H and O–H groups in total.